The molecule has 2 saturated heterocycles. The quantitative estimate of drug-likeness (QED) is 0.153. The second-order valence-corrected chi connectivity index (χ2v) is 20.2. The highest BCUT2D eigenvalue weighted by Crippen LogP contribution is 2.49. The Morgan fingerprint density at radius 3 is 1.44 bits per heavy atom. The zero-order valence-electron chi connectivity index (χ0n) is 41.3. The zero-order valence-corrected chi connectivity index (χ0v) is 41.3. The minimum absolute atomic E-state index is 0.0131. The fourth-order valence-corrected chi connectivity index (χ4v) is 12.2. The van der Waals surface area contributed by atoms with Gasteiger partial charge in [-0.1, -0.05) is 13.8 Å². The monoisotopic (exact) mass is 974 g/mol. The highest BCUT2D eigenvalue weighted by molar-refractivity contribution is 6.09. The number of benzene rings is 2. The smallest absolute Gasteiger partial charge is 0.260 e. The lowest BCUT2D eigenvalue weighted by molar-refractivity contribution is -0.131. The molecule has 0 bridgehead atoms. The lowest BCUT2D eigenvalue weighted by atomic mass is 9.72. The minimum atomic E-state index is -0.309. The second kappa shape index (κ2) is 18.1. The average molecular weight is 975 g/mol. The van der Waals surface area contributed by atoms with Crippen molar-refractivity contribution >= 4 is 68.4 Å². The van der Waals surface area contributed by atoms with Gasteiger partial charge in [0.05, 0.1) is 60.9 Å². The maximum Gasteiger partial charge on any atom is 0.260 e. The largest absolute Gasteiger partial charge is 0.496 e. The van der Waals surface area contributed by atoms with Crippen LogP contribution in [0.4, 0.5) is 11.6 Å². The van der Waals surface area contributed by atoms with Crippen LogP contribution in [0, 0.1) is 11.8 Å². The van der Waals surface area contributed by atoms with Crippen molar-refractivity contribution in [3.63, 3.8) is 0 Å². The van der Waals surface area contributed by atoms with Gasteiger partial charge in [-0.3, -0.25) is 28.5 Å². The van der Waals surface area contributed by atoms with Crippen molar-refractivity contribution in [3.05, 3.63) is 96.8 Å². The molecule has 2 spiro atoms. The van der Waals surface area contributed by atoms with Crippen molar-refractivity contribution < 1.29 is 28.7 Å². The van der Waals surface area contributed by atoms with Gasteiger partial charge in [0.1, 0.15) is 11.5 Å². The van der Waals surface area contributed by atoms with Gasteiger partial charge >= 0.3 is 0 Å². The van der Waals surface area contributed by atoms with Crippen molar-refractivity contribution in [2.45, 2.75) is 101 Å². The predicted octanol–water partition coefficient (Wildman–Crippen LogP) is 7.38. The Morgan fingerprint density at radius 1 is 0.639 bits per heavy atom. The van der Waals surface area contributed by atoms with Gasteiger partial charge in [0.15, 0.2) is 22.9 Å². The number of amides is 4. The fraction of sp³-hybridized carbons (Fsp3) is 0.423. The van der Waals surface area contributed by atoms with E-state index in [1.54, 1.807) is 60.2 Å². The topological polar surface area (TPSA) is 213 Å². The van der Waals surface area contributed by atoms with Crippen LogP contribution in [0.25, 0.3) is 33.1 Å². The summed E-state index contributed by atoms with van der Waals surface area (Å²) in [5, 5.41) is 25.8. The van der Waals surface area contributed by atoms with E-state index in [1.807, 2.05) is 82.1 Å². The number of carbonyl (C=O) groups is 4. The van der Waals surface area contributed by atoms with Gasteiger partial charge in [-0.15, -0.1) is 0 Å². The first-order valence-corrected chi connectivity index (χ1v) is 24.6. The molecule has 4 amide bonds. The standard InChI is InChI=1S/2C26H29N7O3/c2*1-16-13-26(9-7-24(34)31(26)2)8-6-20(16)32-15-17-11-18(21(36-3)12-19(17)30-32)25(35)29-23-14-27-22-5-4-10-28-33(22)23/h2*4-5,10-12,14-16,20H,6-9,13H2,1-3H3,(H,29,35)/t2*16-,20-,26+/m11/s1. The summed E-state index contributed by atoms with van der Waals surface area (Å²) in [6.07, 6.45) is 19.5. The third-order valence-corrected chi connectivity index (χ3v) is 16.2. The van der Waals surface area contributed by atoms with Gasteiger partial charge in [-0.2, -0.15) is 29.4 Å². The van der Waals surface area contributed by atoms with Gasteiger partial charge in [-0.05, 0) is 99.6 Å². The molecule has 0 radical (unpaired) electrons. The SMILES string of the molecule is COc1cc2nn([C@@H]3CC[C@]4(CCC(=O)N4C)C[C@H]3C)cc2cc1C(=O)Nc1cnc2cccnn12.COc1cc2nn([C@@H]3CC[C@]4(CCC(=O)N4C)C[C@H]3C)cc2cc1C(=O)Nc1cnc2cccnn12. The second-order valence-electron chi connectivity index (χ2n) is 20.2. The fourth-order valence-electron chi connectivity index (χ4n) is 12.2. The lowest BCUT2D eigenvalue weighted by Crippen LogP contribution is -2.48. The number of nitrogens with one attached hydrogen (secondary N) is 2. The number of carbonyl (C=O) groups excluding carboxylic acids is 4. The van der Waals surface area contributed by atoms with Gasteiger partial charge in [-0.25, -0.2) is 9.97 Å². The molecule has 2 aliphatic heterocycles. The van der Waals surface area contributed by atoms with Crippen LogP contribution in [-0.4, -0.2) is 122 Å². The van der Waals surface area contributed by atoms with Crippen molar-refractivity contribution in [3.8, 4) is 11.5 Å². The van der Waals surface area contributed by atoms with E-state index in [-0.39, 0.29) is 46.8 Å². The molecule has 8 heterocycles. The normalized spacial score (nSPS) is 24.2. The third kappa shape index (κ3) is 8.01. The van der Waals surface area contributed by atoms with E-state index in [4.69, 9.17) is 19.7 Å². The van der Waals surface area contributed by atoms with Crippen LogP contribution in [0.3, 0.4) is 0 Å². The molecule has 2 N–H and O–H groups in total. The molecule has 72 heavy (non-hydrogen) atoms. The summed E-state index contributed by atoms with van der Waals surface area (Å²) in [7, 11) is 7.00. The Balaban J connectivity index is 0.000000156. The van der Waals surface area contributed by atoms with Gasteiger partial charge in [0, 0.05) is 85.7 Å². The van der Waals surface area contributed by atoms with Crippen LogP contribution < -0.4 is 20.1 Å². The molecule has 4 fully saturated rings. The van der Waals surface area contributed by atoms with Gasteiger partial charge in [0.25, 0.3) is 11.8 Å². The molecule has 4 aliphatic rings. The first-order chi connectivity index (χ1) is 34.8. The number of rotatable bonds is 8. The predicted molar refractivity (Wildman–Crippen MR) is 268 cm³/mol. The van der Waals surface area contributed by atoms with E-state index in [0.29, 0.717) is 70.2 Å². The van der Waals surface area contributed by atoms with E-state index in [2.05, 4.69) is 44.6 Å². The summed E-state index contributed by atoms with van der Waals surface area (Å²) < 4.78 is 18.3. The lowest BCUT2D eigenvalue weighted by Gasteiger charge is -2.45. The van der Waals surface area contributed by atoms with Gasteiger partial charge in [0.2, 0.25) is 11.8 Å². The Morgan fingerprint density at radius 2 is 1.07 bits per heavy atom. The number of nitrogens with zero attached hydrogens (tertiary/aromatic N) is 12. The molecule has 2 saturated carbocycles. The minimum Gasteiger partial charge on any atom is -0.496 e. The molecular weight excluding hydrogens is 917 g/mol. The first kappa shape index (κ1) is 46.5. The average Bonchev–Trinajstić information content (AvgIpc) is 4.26. The number of hydrogen-bond donors (Lipinski definition) is 2. The van der Waals surface area contributed by atoms with Crippen LogP contribution in [0.2, 0.25) is 0 Å². The molecule has 372 valence electrons. The number of anilines is 2. The summed E-state index contributed by atoms with van der Waals surface area (Å²) in [6.45, 7) is 4.50. The summed E-state index contributed by atoms with van der Waals surface area (Å²) in [5.41, 5.74) is 3.65. The summed E-state index contributed by atoms with van der Waals surface area (Å²) in [4.78, 5) is 63.3. The number of fused-ring (bicyclic) bond motifs is 4. The van der Waals surface area contributed by atoms with Crippen LogP contribution in [0.15, 0.2) is 85.7 Å². The van der Waals surface area contributed by atoms with Crippen LogP contribution >= 0.6 is 0 Å². The number of aromatic nitrogens is 10. The highest BCUT2D eigenvalue weighted by Gasteiger charge is 2.49. The number of likely N-dealkylation sites (tertiary alicyclic amines) is 2. The molecule has 0 unspecified atom stereocenters. The molecule has 6 aromatic heterocycles. The summed E-state index contributed by atoms with van der Waals surface area (Å²) in [5.74, 6) is 2.49. The Kier molecular flexibility index (Phi) is 11.7. The summed E-state index contributed by atoms with van der Waals surface area (Å²) >= 11 is 0. The molecule has 20 heteroatoms. The molecule has 2 aromatic carbocycles. The molecule has 8 aromatic rings. The highest BCUT2D eigenvalue weighted by atomic mass is 16.5. The van der Waals surface area contributed by atoms with E-state index < -0.39 is 0 Å². The van der Waals surface area contributed by atoms with Crippen LogP contribution in [-0.2, 0) is 9.59 Å². The molecular formula is C52H58N14O6. The van der Waals surface area contributed by atoms with E-state index in [9.17, 15) is 19.2 Å². The molecule has 12 rings (SSSR count). The van der Waals surface area contributed by atoms with E-state index in [0.717, 1.165) is 73.2 Å². The van der Waals surface area contributed by atoms with Crippen molar-refractivity contribution in [1.29, 1.82) is 0 Å². The maximum absolute atomic E-state index is 13.2. The zero-order chi connectivity index (χ0) is 50.1. The van der Waals surface area contributed by atoms with Crippen LogP contribution in [0.1, 0.15) is 111 Å². The molecule has 20 nitrogen and oxygen atoms in total. The number of methoxy groups -OCH3 is 2. The Labute approximate surface area is 414 Å². The van der Waals surface area contributed by atoms with Crippen molar-refractivity contribution in [2.75, 3.05) is 38.9 Å². The number of ether oxygens (including phenoxy) is 2. The Hall–Kier alpha value is -7.90. The molecule has 6 atom stereocenters. The molecule has 2 aliphatic carbocycles. The van der Waals surface area contributed by atoms with Gasteiger partial charge < -0.3 is 29.9 Å². The van der Waals surface area contributed by atoms with Crippen molar-refractivity contribution in [2.24, 2.45) is 11.8 Å². The summed E-state index contributed by atoms with van der Waals surface area (Å²) in [6, 6.07) is 15.0. The third-order valence-electron chi connectivity index (χ3n) is 16.2. The van der Waals surface area contributed by atoms with E-state index in [1.165, 1.54) is 0 Å². The number of hydrogen-bond acceptors (Lipinski definition) is 12. The Bertz CT molecular complexity index is 3210. The maximum atomic E-state index is 13.2. The number of imidazole rings is 2. The van der Waals surface area contributed by atoms with Crippen LogP contribution in [0.5, 0.6) is 11.5 Å². The van der Waals surface area contributed by atoms with Crippen molar-refractivity contribution in [1.82, 2.24) is 58.6 Å². The van der Waals surface area contributed by atoms with E-state index >= 15 is 0 Å². The first-order valence-electron chi connectivity index (χ1n) is 24.6.